The predicted molar refractivity (Wildman–Crippen MR) is 62.6 cm³/mol. The van der Waals surface area contributed by atoms with Gasteiger partial charge in [-0.25, -0.2) is 0 Å². The van der Waals surface area contributed by atoms with Gasteiger partial charge in [0.2, 0.25) is 0 Å². The topological polar surface area (TPSA) is 42.2 Å². The number of rotatable bonds is 7. The van der Waals surface area contributed by atoms with Gasteiger partial charge in [0.25, 0.3) is 0 Å². The van der Waals surface area contributed by atoms with Crippen LogP contribution in [0.1, 0.15) is 26.2 Å². The SMILES string of the molecule is CCCOc1ccc(OCCCC#N)cc1. The number of hydrogen-bond acceptors (Lipinski definition) is 3. The maximum absolute atomic E-state index is 8.36. The van der Waals surface area contributed by atoms with Gasteiger partial charge >= 0.3 is 0 Å². The zero-order chi connectivity index (χ0) is 11.6. The molecular weight excluding hydrogens is 202 g/mol. The molecule has 1 aromatic carbocycles. The lowest BCUT2D eigenvalue weighted by Crippen LogP contribution is -1.97. The highest BCUT2D eigenvalue weighted by molar-refractivity contribution is 5.31. The normalized spacial score (nSPS) is 9.50. The predicted octanol–water partition coefficient (Wildman–Crippen LogP) is 3.16. The molecule has 0 aliphatic carbocycles. The van der Waals surface area contributed by atoms with Gasteiger partial charge in [-0.05, 0) is 37.1 Å². The minimum Gasteiger partial charge on any atom is -0.494 e. The van der Waals surface area contributed by atoms with Gasteiger partial charge in [0.1, 0.15) is 11.5 Å². The Hall–Kier alpha value is -1.69. The second-order valence-electron chi connectivity index (χ2n) is 3.43. The van der Waals surface area contributed by atoms with E-state index in [2.05, 4.69) is 13.0 Å². The number of benzene rings is 1. The molecule has 0 aromatic heterocycles. The third-order valence-corrected chi connectivity index (χ3v) is 2.00. The summed E-state index contributed by atoms with van der Waals surface area (Å²) in [4.78, 5) is 0. The molecule has 1 rings (SSSR count). The molecule has 1 aromatic rings. The molecule has 0 bridgehead atoms. The van der Waals surface area contributed by atoms with Crippen molar-refractivity contribution < 1.29 is 9.47 Å². The molecule has 0 saturated carbocycles. The summed E-state index contributed by atoms with van der Waals surface area (Å²) in [6.45, 7) is 3.40. The van der Waals surface area contributed by atoms with Gasteiger partial charge in [-0.3, -0.25) is 0 Å². The van der Waals surface area contributed by atoms with Crippen molar-refractivity contribution in [2.75, 3.05) is 13.2 Å². The minimum atomic E-state index is 0.539. The fourth-order valence-corrected chi connectivity index (χ4v) is 1.19. The van der Waals surface area contributed by atoms with Crippen LogP contribution in [0, 0.1) is 11.3 Å². The van der Waals surface area contributed by atoms with E-state index in [9.17, 15) is 0 Å². The van der Waals surface area contributed by atoms with Gasteiger partial charge in [-0.2, -0.15) is 5.26 Å². The molecule has 86 valence electrons. The van der Waals surface area contributed by atoms with Gasteiger partial charge in [-0.15, -0.1) is 0 Å². The second kappa shape index (κ2) is 7.58. The molecule has 3 heteroatoms. The van der Waals surface area contributed by atoms with E-state index in [1.54, 1.807) is 0 Å². The van der Waals surface area contributed by atoms with Crippen LogP contribution in [0.15, 0.2) is 24.3 Å². The van der Waals surface area contributed by atoms with Crippen LogP contribution in [0.3, 0.4) is 0 Å². The van der Waals surface area contributed by atoms with Crippen molar-refractivity contribution in [1.82, 2.24) is 0 Å². The Kier molecular flexibility index (Phi) is 5.87. The number of ether oxygens (including phenoxy) is 2. The molecule has 0 heterocycles. The van der Waals surface area contributed by atoms with Crippen molar-refractivity contribution in [3.8, 4) is 17.6 Å². The second-order valence-corrected chi connectivity index (χ2v) is 3.43. The zero-order valence-corrected chi connectivity index (χ0v) is 9.61. The Morgan fingerprint density at radius 1 is 1.06 bits per heavy atom. The lowest BCUT2D eigenvalue weighted by Gasteiger charge is -2.07. The van der Waals surface area contributed by atoms with E-state index in [-0.39, 0.29) is 0 Å². The molecule has 0 amide bonds. The van der Waals surface area contributed by atoms with Gasteiger partial charge in [0.15, 0.2) is 0 Å². The third-order valence-electron chi connectivity index (χ3n) is 2.00. The Morgan fingerprint density at radius 2 is 1.62 bits per heavy atom. The summed E-state index contributed by atoms with van der Waals surface area (Å²) in [6, 6.07) is 9.66. The standard InChI is InChI=1S/C13H17NO2/c1-2-10-15-12-5-7-13(8-6-12)16-11-4-3-9-14/h5-8H,2-4,10-11H2,1H3. The van der Waals surface area contributed by atoms with Crippen LogP contribution in [0.4, 0.5) is 0 Å². The van der Waals surface area contributed by atoms with E-state index in [1.165, 1.54) is 0 Å². The van der Waals surface area contributed by atoms with Gasteiger partial charge in [0.05, 0.1) is 19.3 Å². The molecule has 0 saturated heterocycles. The summed E-state index contributed by atoms with van der Waals surface area (Å²) in [5, 5.41) is 8.36. The van der Waals surface area contributed by atoms with Gasteiger partial charge < -0.3 is 9.47 Å². The Labute approximate surface area is 96.6 Å². The molecule has 16 heavy (non-hydrogen) atoms. The Morgan fingerprint density at radius 3 is 2.12 bits per heavy atom. The van der Waals surface area contributed by atoms with Crippen molar-refractivity contribution in [1.29, 1.82) is 5.26 Å². The molecule has 0 aliphatic heterocycles. The van der Waals surface area contributed by atoms with Crippen LogP contribution in [0.2, 0.25) is 0 Å². The van der Waals surface area contributed by atoms with Crippen LogP contribution in [-0.4, -0.2) is 13.2 Å². The molecule has 0 radical (unpaired) electrons. The summed E-state index contributed by atoms with van der Waals surface area (Å²) in [5.41, 5.74) is 0. The average molecular weight is 219 g/mol. The molecule has 0 atom stereocenters. The maximum Gasteiger partial charge on any atom is 0.119 e. The van der Waals surface area contributed by atoms with Crippen molar-refractivity contribution in [2.45, 2.75) is 26.2 Å². The fourth-order valence-electron chi connectivity index (χ4n) is 1.19. The molecule has 3 nitrogen and oxygen atoms in total. The third kappa shape index (κ3) is 4.70. The van der Waals surface area contributed by atoms with Crippen molar-refractivity contribution in [2.24, 2.45) is 0 Å². The Bertz CT molecular complexity index is 327. The van der Waals surface area contributed by atoms with E-state index in [1.807, 2.05) is 24.3 Å². The first-order chi connectivity index (χ1) is 7.86. The number of unbranched alkanes of at least 4 members (excludes halogenated alkanes) is 1. The summed E-state index contributed by atoms with van der Waals surface area (Å²) < 4.78 is 10.9. The van der Waals surface area contributed by atoms with Crippen LogP contribution in [-0.2, 0) is 0 Å². The molecular formula is C13H17NO2. The first-order valence-corrected chi connectivity index (χ1v) is 5.59. The first kappa shape index (κ1) is 12.4. The number of nitrogens with zero attached hydrogens (tertiary/aromatic N) is 1. The smallest absolute Gasteiger partial charge is 0.119 e. The number of hydrogen-bond donors (Lipinski definition) is 0. The summed E-state index contributed by atoms with van der Waals surface area (Å²) >= 11 is 0. The molecule has 0 unspecified atom stereocenters. The highest BCUT2D eigenvalue weighted by Gasteiger charge is 1.95. The Balaban J connectivity index is 2.31. The molecule has 0 fully saturated rings. The van der Waals surface area contributed by atoms with Crippen LogP contribution >= 0.6 is 0 Å². The lowest BCUT2D eigenvalue weighted by molar-refractivity contribution is 0.306. The zero-order valence-electron chi connectivity index (χ0n) is 9.61. The highest BCUT2D eigenvalue weighted by atomic mass is 16.5. The summed E-state index contributed by atoms with van der Waals surface area (Å²) in [5.74, 6) is 1.69. The minimum absolute atomic E-state index is 0.539. The van der Waals surface area contributed by atoms with E-state index >= 15 is 0 Å². The average Bonchev–Trinajstić information content (AvgIpc) is 2.33. The van der Waals surface area contributed by atoms with Crippen LogP contribution in [0.25, 0.3) is 0 Å². The first-order valence-electron chi connectivity index (χ1n) is 5.59. The van der Waals surface area contributed by atoms with Gasteiger partial charge in [-0.1, -0.05) is 6.92 Å². The summed E-state index contributed by atoms with van der Waals surface area (Å²) in [6.07, 6.45) is 2.31. The molecule has 0 spiro atoms. The quantitative estimate of drug-likeness (QED) is 0.661. The van der Waals surface area contributed by atoms with E-state index in [4.69, 9.17) is 14.7 Å². The molecule has 0 aliphatic rings. The van der Waals surface area contributed by atoms with Crippen molar-refractivity contribution >= 4 is 0 Å². The van der Waals surface area contributed by atoms with Crippen molar-refractivity contribution in [3.63, 3.8) is 0 Å². The monoisotopic (exact) mass is 219 g/mol. The van der Waals surface area contributed by atoms with E-state index in [0.717, 1.165) is 30.9 Å². The molecule has 0 N–H and O–H groups in total. The lowest BCUT2D eigenvalue weighted by atomic mass is 10.3. The summed E-state index contributed by atoms with van der Waals surface area (Å²) in [7, 11) is 0. The maximum atomic E-state index is 8.36. The number of nitriles is 1. The van der Waals surface area contributed by atoms with Gasteiger partial charge in [0, 0.05) is 6.42 Å². The van der Waals surface area contributed by atoms with Crippen LogP contribution in [0.5, 0.6) is 11.5 Å². The van der Waals surface area contributed by atoms with E-state index < -0.39 is 0 Å². The van der Waals surface area contributed by atoms with Crippen molar-refractivity contribution in [3.05, 3.63) is 24.3 Å². The highest BCUT2D eigenvalue weighted by Crippen LogP contribution is 2.17. The van der Waals surface area contributed by atoms with E-state index in [0.29, 0.717) is 13.0 Å². The fraction of sp³-hybridized carbons (Fsp3) is 0.462. The largest absolute Gasteiger partial charge is 0.494 e. The van der Waals surface area contributed by atoms with Crippen LogP contribution < -0.4 is 9.47 Å².